The minimum absolute atomic E-state index is 0.145. The predicted octanol–water partition coefficient (Wildman–Crippen LogP) is 8.67. The number of aromatic hydroxyl groups is 3. The fourth-order valence-electron chi connectivity index (χ4n) is 7.47. The molecule has 3 heteroatoms. The van der Waals surface area contributed by atoms with E-state index in [9.17, 15) is 15.3 Å². The monoisotopic (exact) mass is 498 g/mol. The third kappa shape index (κ3) is 4.21. The average Bonchev–Trinajstić information content (AvgIpc) is 3.44. The molecule has 3 unspecified atom stereocenters. The van der Waals surface area contributed by atoms with E-state index >= 15 is 0 Å². The molecule has 0 heterocycles. The lowest BCUT2D eigenvalue weighted by Gasteiger charge is -2.42. The first kappa shape index (κ1) is 25.7. The molecular formula is C34H42O3. The van der Waals surface area contributed by atoms with Crippen LogP contribution in [0.4, 0.5) is 0 Å². The summed E-state index contributed by atoms with van der Waals surface area (Å²) in [6, 6.07) is 18.8. The van der Waals surface area contributed by atoms with Crippen LogP contribution in [-0.4, -0.2) is 15.3 Å². The number of benzene rings is 3. The minimum Gasteiger partial charge on any atom is -0.508 e. The van der Waals surface area contributed by atoms with Gasteiger partial charge in [-0.2, -0.15) is 0 Å². The number of rotatable bonds is 6. The summed E-state index contributed by atoms with van der Waals surface area (Å²) in [5.74, 6) is 3.39. The van der Waals surface area contributed by atoms with Crippen molar-refractivity contribution in [2.45, 2.75) is 89.9 Å². The van der Waals surface area contributed by atoms with Crippen molar-refractivity contribution in [3.8, 4) is 17.2 Å². The number of hydrogen-bond donors (Lipinski definition) is 3. The summed E-state index contributed by atoms with van der Waals surface area (Å²) in [6.07, 6.45) is 3.31. The van der Waals surface area contributed by atoms with E-state index in [1.807, 2.05) is 18.2 Å². The van der Waals surface area contributed by atoms with Crippen LogP contribution < -0.4 is 0 Å². The van der Waals surface area contributed by atoms with E-state index in [-0.39, 0.29) is 23.2 Å². The molecule has 0 saturated heterocycles. The number of phenols is 3. The molecule has 0 radical (unpaired) electrons. The minimum atomic E-state index is -0.145. The fraction of sp³-hybridized carbons (Fsp3) is 0.471. The molecule has 2 fully saturated rings. The van der Waals surface area contributed by atoms with Crippen LogP contribution in [0.2, 0.25) is 0 Å². The van der Waals surface area contributed by atoms with Gasteiger partial charge in [0.05, 0.1) is 0 Å². The van der Waals surface area contributed by atoms with Gasteiger partial charge in [-0.15, -0.1) is 0 Å². The zero-order valence-corrected chi connectivity index (χ0v) is 23.1. The van der Waals surface area contributed by atoms with Crippen LogP contribution in [0, 0.1) is 11.8 Å². The van der Waals surface area contributed by atoms with Gasteiger partial charge < -0.3 is 15.3 Å². The summed E-state index contributed by atoms with van der Waals surface area (Å²) >= 11 is 0. The summed E-state index contributed by atoms with van der Waals surface area (Å²) in [5, 5.41) is 31.6. The largest absolute Gasteiger partial charge is 0.508 e. The van der Waals surface area contributed by atoms with Crippen LogP contribution >= 0.6 is 0 Å². The van der Waals surface area contributed by atoms with E-state index in [1.165, 1.54) is 23.1 Å². The van der Waals surface area contributed by atoms with E-state index < -0.39 is 0 Å². The zero-order valence-electron chi connectivity index (χ0n) is 23.1. The maximum atomic E-state index is 10.6. The van der Waals surface area contributed by atoms with E-state index in [2.05, 4.69) is 77.9 Å². The SMILES string of the molecule is CC(C)c1cc(C2CC3CC2CC3(c2ccc(O)c(C(C)C)c2)c2ccc(O)c(C(C)C)c2)ccc1O. The van der Waals surface area contributed by atoms with Gasteiger partial charge in [0.15, 0.2) is 0 Å². The van der Waals surface area contributed by atoms with Gasteiger partial charge >= 0.3 is 0 Å². The average molecular weight is 499 g/mol. The summed E-state index contributed by atoms with van der Waals surface area (Å²) in [6.45, 7) is 12.8. The van der Waals surface area contributed by atoms with Gasteiger partial charge in [0.2, 0.25) is 0 Å². The van der Waals surface area contributed by atoms with Crippen molar-refractivity contribution in [2.24, 2.45) is 11.8 Å². The van der Waals surface area contributed by atoms with Gasteiger partial charge in [0.25, 0.3) is 0 Å². The Morgan fingerprint density at radius 3 is 1.51 bits per heavy atom. The Hall–Kier alpha value is -2.94. The Kier molecular flexibility index (Phi) is 6.54. The molecule has 0 aromatic heterocycles. The molecule has 2 aliphatic carbocycles. The van der Waals surface area contributed by atoms with Crippen molar-refractivity contribution in [3.05, 3.63) is 88.0 Å². The molecule has 2 saturated carbocycles. The molecule has 0 amide bonds. The van der Waals surface area contributed by atoms with Crippen LogP contribution in [0.5, 0.6) is 17.2 Å². The highest BCUT2D eigenvalue weighted by atomic mass is 16.3. The second-order valence-corrected chi connectivity index (χ2v) is 12.5. The first-order valence-electron chi connectivity index (χ1n) is 14.0. The van der Waals surface area contributed by atoms with Crippen molar-refractivity contribution in [3.63, 3.8) is 0 Å². The topological polar surface area (TPSA) is 60.7 Å². The van der Waals surface area contributed by atoms with Crippen molar-refractivity contribution in [1.82, 2.24) is 0 Å². The Morgan fingerprint density at radius 2 is 1.08 bits per heavy atom. The van der Waals surface area contributed by atoms with Gasteiger partial charge in [-0.3, -0.25) is 0 Å². The van der Waals surface area contributed by atoms with E-state index in [4.69, 9.17) is 0 Å². The summed E-state index contributed by atoms with van der Waals surface area (Å²) in [5.41, 5.74) is 6.81. The Morgan fingerprint density at radius 1 is 0.622 bits per heavy atom. The van der Waals surface area contributed by atoms with Gasteiger partial charge in [0, 0.05) is 5.41 Å². The summed E-state index contributed by atoms with van der Waals surface area (Å²) < 4.78 is 0. The number of phenolic OH excluding ortho intramolecular Hbond substituents is 3. The normalized spacial score (nSPS) is 22.5. The summed E-state index contributed by atoms with van der Waals surface area (Å²) in [7, 11) is 0. The smallest absolute Gasteiger partial charge is 0.119 e. The number of hydrogen-bond acceptors (Lipinski definition) is 3. The van der Waals surface area contributed by atoms with Gasteiger partial charge in [-0.25, -0.2) is 0 Å². The fourth-order valence-corrected chi connectivity index (χ4v) is 7.47. The molecule has 0 spiro atoms. The quantitative estimate of drug-likeness (QED) is 0.319. The molecule has 3 aromatic carbocycles. The lowest BCUT2D eigenvalue weighted by atomic mass is 9.61. The molecule has 3 N–H and O–H groups in total. The van der Waals surface area contributed by atoms with Crippen molar-refractivity contribution in [1.29, 1.82) is 0 Å². The second-order valence-electron chi connectivity index (χ2n) is 12.5. The lowest BCUT2D eigenvalue weighted by molar-refractivity contribution is 0.292. The molecule has 196 valence electrons. The standard InChI is InChI=1S/C34H42O3/c1-19(2)27-14-22(7-10-31(27)35)30-17-26-13-23(30)18-34(26,24-8-11-32(36)28(15-24)20(3)4)25-9-12-33(37)29(16-25)21(5)6/h7-12,14-16,19-21,23,26,30,35-37H,13,17-18H2,1-6H3. The molecule has 3 nitrogen and oxygen atoms in total. The third-order valence-electron chi connectivity index (χ3n) is 9.41. The molecular weight excluding hydrogens is 456 g/mol. The van der Waals surface area contributed by atoms with Gasteiger partial charge in [0.1, 0.15) is 17.2 Å². The Balaban J connectivity index is 1.61. The highest BCUT2D eigenvalue weighted by Gasteiger charge is 2.57. The van der Waals surface area contributed by atoms with Crippen LogP contribution in [-0.2, 0) is 5.41 Å². The van der Waals surface area contributed by atoms with Gasteiger partial charge in [-0.05, 0) is 106 Å². The summed E-state index contributed by atoms with van der Waals surface area (Å²) in [4.78, 5) is 0. The maximum Gasteiger partial charge on any atom is 0.119 e. The van der Waals surface area contributed by atoms with Crippen LogP contribution in [0.3, 0.4) is 0 Å². The van der Waals surface area contributed by atoms with E-state index in [0.717, 1.165) is 29.5 Å². The molecule has 2 aliphatic rings. The first-order chi connectivity index (χ1) is 17.5. The lowest BCUT2D eigenvalue weighted by Crippen LogP contribution is -2.36. The number of fused-ring (bicyclic) bond motifs is 2. The Bertz CT molecular complexity index is 1240. The molecule has 3 atom stereocenters. The molecule has 5 rings (SSSR count). The maximum absolute atomic E-state index is 10.6. The third-order valence-corrected chi connectivity index (χ3v) is 9.41. The first-order valence-corrected chi connectivity index (χ1v) is 14.0. The van der Waals surface area contributed by atoms with Crippen molar-refractivity contribution < 1.29 is 15.3 Å². The highest BCUT2D eigenvalue weighted by Crippen LogP contribution is 2.65. The second kappa shape index (κ2) is 9.42. The van der Waals surface area contributed by atoms with Crippen molar-refractivity contribution >= 4 is 0 Å². The zero-order chi connectivity index (χ0) is 26.6. The Labute approximate surface area is 222 Å². The molecule has 37 heavy (non-hydrogen) atoms. The van der Waals surface area contributed by atoms with E-state index in [1.54, 1.807) is 0 Å². The predicted molar refractivity (Wildman–Crippen MR) is 151 cm³/mol. The van der Waals surface area contributed by atoms with Gasteiger partial charge in [-0.1, -0.05) is 77.9 Å². The van der Waals surface area contributed by atoms with Crippen LogP contribution in [0.15, 0.2) is 54.6 Å². The molecule has 0 aliphatic heterocycles. The van der Waals surface area contributed by atoms with Crippen LogP contribution in [0.25, 0.3) is 0 Å². The molecule has 2 bridgehead atoms. The molecule has 3 aromatic rings. The van der Waals surface area contributed by atoms with Crippen LogP contribution in [0.1, 0.15) is 118 Å². The highest BCUT2D eigenvalue weighted by molar-refractivity contribution is 5.52. The van der Waals surface area contributed by atoms with E-state index in [0.29, 0.717) is 35.0 Å². The van der Waals surface area contributed by atoms with Crippen molar-refractivity contribution in [2.75, 3.05) is 0 Å².